The van der Waals surface area contributed by atoms with E-state index in [0.717, 1.165) is 21.0 Å². The van der Waals surface area contributed by atoms with Gasteiger partial charge >= 0.3 is 16.4 Å². The van der Waals surface area contributed by atoms with Crippen LogP contribution in [0.3, 0.4) is 0 Å². The third-order valence-electron chi connectivity index (χ3n) is 6.03. The molecule has 0 saturated carbocycles. The number of alkyl carbamates (subject to hydrolysis) is 1. The van der Waals surface area contributed by atoms with Crippen LogP contribution < -0.4 is 14.6 Å². The van der Waals surface area contributed by atoms with Crippen LogP contribution in [0.25, 0.3) is 9.88 Å². The topological polar surface area (TPSA) is 141 Å². The van der Waals surface area contributed by atoms with Gasteiger partial charge in [-0.05, 0) is 41.1 Å². The number of benzene rings is 2. The molecular weight excluding hydrogens is 573 g/mol. The van der Waals surface area contributed by atoms with Gasteiger partial charge in [0.1, 0.15) is 16.8 Å². The summed E-state index contributed by atoms with van der Waals surface area (Å²) in [4.78, 5) is 33.5. The molecule has 210 valence electrons. The molecular formula is C27H28N4O6S3. The van der Waals surface area contributed by atoms with Crippen molar-refractivity contribution < 1.29 is 26.9 Å². The number of hydrogen-bond donors (Lipinski definition) is 2. The summed E-state index contributed by atoms with van der Waals surface area (Å²) in [5.41, 5.74) is 2.37. The Morgan fingerprint density at radius 2 is 1.70 bits per heavy atom. The van der Waals surface area contributed by atoms with Gasteiger partial charge in [-0.1, -0.05) is 48.5 Å². The highest BCUT2D eigenvalue weighted by atomic mass is 32.2. The van der Waals surface area contributed by atoms with Gasteiger partial charge < -0.3 is 19.1 Å². The number of nitrogens with one attached hydrogen (secondary N) is 1. The number of ether oxygens (including phenoxy) is 1. The van der Waals surface area contributed by atoms with E-state index in [1.165, 1.54) is 30.6 Å². The number of rotatable bonds is 11. The average molecular weight is 601 g/mol. The molecule has 4 aromatic rings. The van der Waals surface area contributed by atoms with Crippen LogP contribution in [0.2, 0.25) is 0 Å². The molecule has 0 saturated heterocycles. The standard InChI is InChI=1S/C27H28N4O6S3/c1-31(26(32)21(30-27(33)36-2)15-18-7-4-3-5-8-18)23(22-17-39-25(29-22)24-9-6-14-38-24)16-19-10-12-20(13-11-19)37-40(28,34)35/h3-14,17,21,23H,15-16H2,1-2H3,(H,30,33)(H2,28,34,35). The van der Waals surface area contributed by atoms with Crippen molar-refractivity contribution in [3.05, 3.63) is 94.3 Å². The average Bonchev–Trinajstić information content (AvgIpc) is 3.64. The Hall–Kier alpha value is -3.78. The van der Waals surface area contributed by atoms with Gasteiger partial charge in [0.05, 0.1) is 23.7 Å². The molecule has 13 heteroatoms. The molecule has 2 aromatic heterocycles. The van der Waals surface area contributed by atoms with Gasteiger partial charge in [-0.25, -0.2) is 9.78 Å². The Bertz CT molecular complexity index is 1520. The summed E-state index contributed by atoms with van der Waals surface area (Å²) < 4.78 is 32.1. The van der Waals surface area contributed by atoms with Crippen LogP contribution in [0, 0.1) is 0 Å². The lowest BCUT2D eigenvalue weighted by molar-refractivity contribution is -0.134. The highest BCUT2D eigenvalue weighted by Gasteiger charge is 2.31. The van der Waals surface area contributed by atoms with Gasteiger partial charge in [-0.15, -0.1) is 22.7 Å². The molecule has 10 nitrogen and oxygen atoms in total. The largest absolute Gasteiger partial charge is 0.453 e. The Kier molecular flexibility index (Phi) is 9.53. The monoisotopic (exact) mass is 600 g/mol. The van der Waals surface area contributed by atoms with E-state index >= 15 is 0 Å². The van der Waals surface area contributed by atoms with E-state index < -0.39 is 28.5 Å². The molecule has 4 rings (SSSR count). The summed E-state index contributed by atoms with van der Waals surface area (Å²) in [7, 11) is -1.23. The van der Waals surface area contributed by atoms with E-state index in [4.69, 9.17) is 19.0 Å². The second-order valence-electron chi connectivity index (χ2n) is 8.82. The molecule has 2 atom stereocenters. The highest BCUT2D eigenvalue weighted by molar-refractivity contribution is 7.84. The Morgan fingerprint density at radius 3 is 2.33 bits per heavy atom. The van der Waals surface area contributed by atoms with Crippen LogP contribution >= 0.6 is 22.7 Å². The van der Waals surface area contributed by atoms with E-state index in [2.05, 4.69) is 5.32 Å². The number of aromatic nitrogens is 1. The van der Waals surface area contributed by atoms with Crippen molar-refractivity contribution in [2.45, 2.75) is 24.9 Å². The lowest BCUT2D eigenvalue weighted by Crippen LogP contribution is -2.49. The molecule has 0 bridgehead atoms. The van der Waals surface area contributed by atoms with Gasteiger partial charge in [0.15, 0.2) is 0 Å². The third-order valence-corrected chi connectivity index (χ3v) is 8.36. The normalized spacial score (nSPS) is 12.8. The second-order valence-corrected chi connectivity index (χ2v) is 11.8. The maximum atomic E-state index is 13.9. The number of nitrogens with zero attached hydrogens (tertiary/aromatic N) is 2. The van der Waals surface area contributed by atoms with Crippen molar-refractivity contribution in [3.8, 4) is 15.6 Å². The summed E-state index contributed by atoms with van der Waals surface area (Å²) in [5.74, 6) is -0.245. The third kappa shape index (κ3) is 7.88. The zero-order chi connectivity index (χ0) is 28.7. The number of hydrogen-bond acceptors (Lipinski definition) is 9. The van der Waals surface area contributed by atoms with E-state index in [0.29, 0.717) is 12.1 Å². The number of carbonyl (C=O) groups is 2. The number of nitrogens with two attached hydrogens (primary N) is 1. The van der Waals surface area contributed by atoms with Gasteiger partial charge in [-0.2, -0.15) is 13.6 Å². The molecule has 0 aliphatic carbocycles. The molecule has 0 aliphatic rings. The van der Waals surface area contributed by atoms with Crippen LogP contribution in [0.1, 0.15) is 22.9 Å². The van der Waals surface area contributed by atoms with Gasteiger partial charge in [0.2, 0.25) is 5.91 Å². The van der Waals surface area contributed by atoms with Crippen molar-refractivity contribution in [2.24, 2.45) is 5.14 Å². The van der Waals surface area contributed by atoms with Crippen molar-refractivity contribution in [1.82, 2.24) is 15.2 Å². The molecule has 0 radical (unpaired) electrons. The first kappa shape index (κ1) is 29.2. The SMILES string of the molecule is COC(=O)NC(Cc1ccccc1)C(=O)N(C)C(Cc1ccc(OS(N)(=O)=O)cc1)c1csc(-c2cccs2)n1. The van der Waals surface area contributed by atoms with Crippen molar-refractivity contribution in [1.29, 1.82) is 0 Å². The van der Waals surface area contributed by atoms with Crippen LogP contribution in [-0.2, 0) is 32.7 Å². The highest BCUT2D eigenvalue weighted by Crippen LogP contribution is 2.33. The molecule has 2 unspecified atom stereocenters. The maximum Gasteiger partial charge on any atom is 0.407 e. The van der Waals surface area contributed by atoms with E-state index in [-0.39, 0.29) is 18.1 Å². The second kappa shape index (κ2) is 13.0. The summed E-state index contributed by atoms with van der Waals surface area (Å²) in [6.07, 6.45) is -0.0802. The predicted octanol–water partition coefficient (Wildman–Crippen LogP) is 4.16. The quantitative estimate of drug-likeness (QED) is 0.263. The van der Waals surface area contributed by atoms with Crippen molar-refractivity contribution >= 4 is 45.0 Å². The molecule has 2 heterocycles. The minimum Gasteiger partial charge on any atom is -0.453 e. The fourth-order valence-corrected chi connectivity index (χ4v) is 6.14. The summed E-state index contributed by atoms with van der Waals surface area (Å²) in [5, 5.41) is 12.4. The van der Waals surface area contributed by atoms with Crippen LogP contribution in [-0.4, -0.2) is 50.5 Å². The van der Waals surface area contributed by atoms with E-state index in [1.54, 1.807) is 35.4 Å². The number of thiazole rings is 1. The first-order valence-electron chi connectivity index (χ1n) is 12.1. The zero-order valence-corrected chi connectivity index (χ0v) is 24.2. The zero-order valence-electron chi connectivity index (χ0n) is 21.7. The van der Waals surface area contributed by atoms with Crippen LogP contribution in [0.15, 0.2) is 77.5 Å². The molecule has 0 aliphatic heterocycles. The number of carbonyl (C=O) groups excluding carboxylic acids is 2. The van der Waals surface area contributed by atoms with E-state index in [9.17, 15) is 18.0 Å². The molecule has 3 N–H and O–H groups in total. The van der Waals surface area contributed by atoms with Crippen molar-refractivity contribution in [2.75, 3.05) is 14.2 Å². The first-order chi connectivity index (χ1) is 19.1. The molecule has 2 amide bonds. The first-order valence-corrected chi connectivity index (χ1v) is 15.3. The Balaban J connectivity index is 1.64. The summed E-state index contributed by atoms with van der Waals surface area (Å²) in [6.45, 7) is 0. The molecule has 0 spiro atoms. The fraction of sp³-hybridized carbons (Fsp3) is 0.222. The fourth-order valence-electron chi connectivity index (χ4n) is 4.08. The number of thiophene rings is 1. The van der Waals surface area contributed by atoms with Gasteiger partial charge in [0.25, 0.3) is 0 Å². The lowest BCUT2D eigenvalue weighted by Gasteiger charge is -2.31. The Labute approximate surface area is 240 Å². The molecule has 0 fully saturated rings. The van der Waals surface area contributed by atoms with Crippen molar-refractivity contribution in [3.63, 3.8) is 0 Å². The lowest BCUT2D eigenvalue weighted by atomic mass is 10.00. The smallest absolute Gasteiger partial charge is 0.407 e. The van der Waals surface area contributed by atoms with Crippen LogP contribution in [0.5, 0.6) is 5.75 Å². The summed E-state index contributed by atoms with van der Waals surface area (Å²) in [6, 6.07) is 18.3. The minimum absolute atomic E-state index is 0.0751. The molecule has 40 heavy (non-hydrogen) atoms. The number of amides is 2. The summed E-state index contributed by atoms with van der Waals surface area (Å²) >= 11 is 3.05. The van der Waals surface area contributed by atoms with Gasteiger partial charge in [-0.3, -0.25) is 4.79 Å². The van der Waals surface area contributed by atoms with Gasteiger partial charge in [0, 0.05) is 18.8 Å². The molecule has 2 aromatic carbocycles. The van der Waals surface area contributed by atoms with E-state index in [1.807, 2.05) is 53.2 Å². The Morgan fingerprint density at radius 1 is 1.00 bits per heavy atom. The number of likely N-dealkylation sites (N-methyl/N-ethyl adjacent to an activating group) is 1. The predicted molar refractivity (Wildman–Crippen MR) is 154 cm³/mol. The maximum absolute atomic E-state index is 13.9. The number of methoxy groups -OCH3 is 1. The minimum atomic E-state index is -4.15. The van der Waals surface area contributed by atoms with Crippen LogP contribution in [0.4, 0.5) is 4.79 Å².